The number of nitrogens with two attached hydrogens (primary N) is 1. The minimum Gasteiger partial charge on any atom is -0.357 e. The molecular weight excluding hydrogens is 288 g/mol. The number of nitrogens with one attached hydrogen (secondary N) is 1. The third-order valence-electron chi connectivity index (χ3n) is 5.99. The molecule has 1 aromatic heterocycles. The summed E-state index contributed by atoms with van der Waals surface area (Å²) in [7, 11) is 0. The standard InChI is InChI=1S/C18H26N4O/c19-17-14-5-4-13(9-14)16(17)18(23)21-11-12-3-6-15(20-10-12)22-7-1-2-8-22/h3,6,10,13-14,16-17H,1-2,4-5,7-9,11,19H2,(H,21,23). The molecule has 2 aliphatic carbocycles. The Hall–Kier alpha value is -1.62. The van der Waals surface area contributed by atoms with Crippen LogP contribution in [0.4, 0.5) is 5.82 Å². The molecule has 1 aliphatic heterocycles. The van der Waals surface area contributed by atoms with Crippen molar-refractivity contribution in [2.45, 2.75) is 44.7 Å². The smallest absolute Gasteiger partial charge is 0.225 e. The molecule has 1 saturated heterocycles. The third-order valence-corrected chi connectivity index (χ3v) is 5.99. The van der Waals surface area contributed by atoms with E-state index >= 15 is 0 Å². The second-order valence-corrected chi connectivity index (χ2v) is 7.37. The van der Waals surface area contributed by atoms with Gasteiger partial charge in [-0.05, 0) is 55.6 Å². The number of nitrogens with zero attached hydrogens (tertiary/aromatic N) is 2. The van der Waals surface area contributed by atoms with Crippen LogP contribution in [-0.2, 0) is 11.3 Å². The van der Waals surface area contributed by atoms with Crippen LogP contribution >= 0.6 is 0 Å². The van der Waals surface area contributed by atoms with Gasteiger partial charge >= 0.3 is 0 Å². The first-order chi connectivity index (χ1) is 11.2. The Balaban J connectivity index is 1.33. The van der Waals surface area contributed by atoms with Gasteiger partial charge in [-0.2, -0.15) is 0 Å². The summed E-state index contributed by atoms with van der Waals surface area (Å²) in [5.74, 6) is 2.27. The lowest BCUT2D eigenvalue weighted by atomic mass is 9.84. The van der Waals surface area contributed by atoms with Gasteiger partial charge in [-0.15, -0.1) is 0 Å². The van der Waals surface area contributed by atoms with E-state index in [1.807, 2.05) is 6.20 Å². The fraction of sp³-hybridized carbons (Fsp3) is 0.667. The first kappa shape index (κ1) is 14.9. The van der Waals surface area contributed by atoms with Gasteiger partial charge in [0.1, 0.15) is 5.82 Å². The Morgan fingerprint density at radius 1 is 1.26 bits per heavy atom. The van der Waals surface area contributed by atoms with Crippen LogP contribution in [0.5, 0.6) is 0 Å². The number of rotatable bonds is 4. The second kappa shape index (κ2) is 6.11. The van der Waals surface area contributed by atoms with E-state index in [-0.39, 0.29) is 17.9 Å². The Bertz CT molecular complexity index is 565. The van der Waals surface area contributed by atoms with Gasteiger partial charge in [0.15, 0.2) is 0 Å². The fourth-order valence-electron chi connectivity index (χ4n) is 4.69. The van der Waals surface area contributed by atoms with Gasteiger partial charge in [-0.1, -0.05) is 6.07 Å². The van der Waals surface area contributed by atoms with Crippen molar-refractivity contribution in [2.24, 2.45) is 23.5 Å². The predicted octanol–water partition coefficient (Wildman–Crippen LogP) is 1.67. The second-order valence-electron chi connectivity index (χ2n) is 7.37. The lowest BCUT2D eigenvalue weighted by Crippen LogP contribution is -2.45. The molecule has 4 rings (SSSR count). The average Bonchev–Trinajstić information content (AvgIpc) is 3.30. The van der Waals surface area contributed by atoms with Crippen molar-refractivity contribution in [2.75, 3.05) is 18.0 Å². The van der Waals surface area contributed by atoms with E-state index < -0.39 is 0 Å². The number of aromatic nitrogens is 1. The lowest BCUT2D eigenvalue weighted by Gasteiger charge is -2.27. The zero-order valence-corrected chi connectivity index (χ0v) is 13.6. The summed E-state index contributed by atoms with van der Waals surface area (Å²) in [6.07, 6.45) is 7.91. The van der Waals surface area contributed by atoms with Gasteiger partial charge in [-0.3, -0.25) is 4.79 Å². The van der Waals surface area contributed by atoms with E-state index in [9.17, 15) is 4.79 Å². The Labute approximate surface area is 137 Å². The summed E-state index contributed by atoms with van der Waals surface area (Å²) in [4.78, 5) is 19.3. The minimum atomic E-state index is 0.0191. The summed E-state index contributed by atoms with van der Waals surface area (Å²) in [6, 6.07) is 4.20. The third kappa shape index (κ3) is 2.82. The fourth-order valence-corrected chi connectivity index (χ4v) is 4.69. The molecule has 1 aromatic rings. The molecule has 3 N–H and O–H groups in total. The maximum atomic E-state index is 12.5. The lowest BCUT2D eigenvalue weighted by molar-refractivity contribution is -0.127. The number of carbonyl (C=O) groups is 1. The number of hydrogen-bond donors (Lipinski definition) is 2. The first-order valence-corrected chi connectivity index (χ1v) is 8.95. The van der Waals surface area contributed by atoms with Crippen molar-refractivity contribution >= 4 is 11.7 Å². The van der Waals surface area contributed by atoms with Gasteiger partial charge < -0.3 is 16.0 Å². The van der Waals surface area contributed by atoms with E-state index in [0.717, 1.165) is 30.9 Å². The molecule has 0 radical (unpaired) electrons. The summed E-state index contributed by atoms with van der Waals surface area (Å²) < 4.78 is 0. The van der Waals surface area contributed by atoms with Crippen LogP contribution in [0.2, 0.25) is 0 Å². The van der Waals surface area contributed by atoms with Gasteiger partial charge in [0, 0.05) is 31.9 Å². The minimum absolute atomic E-state index is 0.0191. The molecule has 4 unspecified atom stereocenters. The van der Waals surface area contributed by atoms with Crippen LogP contribution in [0.3, 0.4) is 0 Å². The SMILES string of the molecule is NC1C2CCC(C2)C1C(=O)NCc1ccc(N2CCCC2)nc1. The zero-order chi connectivity index (χ0) is 15.8. The van der Waals surface area contributed by atoms with E-state index in [1.54, 1.807) is 0 Å². The number of carbonyl (C=O) groups excluding carboxylic acids is 1. The number of hydrogen-bond acceptors (Lipinski definition) is 4. The van der Waals surface area contributed by atoms with Crippen molar-refractivity contribution in [3.63, 3.8) is 0 Å². The Morgan fingerprint density at radius 2 is 2.04 bits per heavy atom. The first-order valence-electron chi connectivity index (χ1n) is 8.95. The molecule has 1 amide bonds. The average molecular weight is 314 g/mol. The van der Waals surface area contributed by atoms with Crippen molar-refractivity contribution in [3.05, 3.63) is 23.9 Å². The van der Waals surface area contributed by atoms with Crippen LogP contribution in [0.25, 0.3) is 0 Å². The van der Waals surface area contributed by atoms with Crippen molar-refractivity contribution in [1.29, 1.82) is 0 Å². The molecule has 0 aromatic carbocycles. The van der Waals surface area contributed by atoms with Gasteiger partial charge in [0.2, 0.25) is 5.91 Å². The topological polar surface area (TPSA) is 71.2 Å². The van der Waals surface area contributed by atoms with E-state index in [1.165, 1.54) is 25.7 Å². The largest absolute Gasteiger partial charge is 0.357 e. The highest BCUT2D eigenvalue weighted by Crippen LogP contribution is 2.47. The van der Waals surface area contributed by atoms with E-state index in [4.69, 9.17) is 5.73 Å². The zero-order valence-electron chi connectivity index (χ0n) is 13.6. The number of amides is 1. The number of fused-ring (bicyclic) bond motifs is 2. The Kier molecular flexibility index (Phi) is 3.97. The highest BCUT2D eigenvalue weighted by Gasteiger charge is 2.48. The molecule has 2 heterocycles. The van der Waals surface area contributed by atoms with Crippen molar-refractivity contribution < 1.29 is 4.79 Å². The van der Waals surface area contributed by atoms with E-state index in [2.05, 4.69) is 27.3 Å². The molecule has 0 spiro atoms. The molecule has 124 valence electrons. The van der Waals surface area contributed by atoms with Crippen LogP contribution in [0.1, 0.15) is 37.7 Å². The number of anilines is 1. The normalized spacial score (nSPS) is 32.5. The molecule has 2 bridgehead atoms. The quantitative estimate of drug-likeness (QED) is 0.887. The summed E-state index contributed by atoms with van der Waals surface area (Å²) in [6.45, 7) is 2.75. The molecule has 3 fully saturated rings. The highest BCUT2D eigenvalue weighted by atomic mass is 16.1. The van der Waals surface area contributed by atoms with Gasteiger partial charge in [0.25, 0.3) is 0 Å². The van der Waals surface area contributed by atoms with Crippen LogP contribution < -0.4 is 16.0 Å². The molecular formula is C18H26N4O. The van der Waals surface area contributed by atoms with Gasteiger partial charge in [0.05, 0.1) is 5.92 Å². The van der Waals surface area contributed by atoms with Crippen LogP contribution in [0, 0.1) is 17.8 Å². The van der Waals surface area contributed by atoms with Crippen molar-refractivity contribution in [1.82, 2.24) is 10.3 Å². The summed E-state index contributed by atoms with van der Waals surface area (Å²) >= 11 is 0. The predicted molar refractivity (Wildman–Crippen MR) is 89.8 cm³/mol. The maximum Gasteiger partial charge on any atom is 0.225 e. The molecule has 2 saturated carbocycles. The van der Waals surface area contributed by atoms with Gasteiger partial charge in [-0.25, -0.2) is 4.98 Å². The Morgan fingerprint density at radius 3 is 2.70 bits per heavy atom. The van der Waals surface area contributed by atoms with E-state index in [0.29, 0.717) is 18.4 Å². The molecule has 5 nitrogen and oxygen atoms in total. The highest BCUT2D eigenvalue weighted by molar-refractivity contribution is 5.80. The molecule has 23 heavy (non-hydrogen) atoms. The molecule has 4 atom stereocenters. The van der Waals surface area contributed by atoms with Crippen LogP contribution in [-0.4, -0.2) is 30.0 Å². The molecule has 5 heteroatoms. The summed E-state index contributed by atoms with van der Waals surface area (Å²) in [5.41, 5.74) is 7.30. The summed E-state index contributed by atoms with van der Waals surface area (Å²) in [5, 5.41) is 3.07. The van der Waals surface area contributed by atoms with Crippen molar-refractivity contribution in [3.8, 4) is 0 Å². The number of pyridine rings is 1. The monoisotopic (exact) mass is 314 g/mol. The maximum absolute atomic E-state index is 12.5. The van der Waals surface area contributed by atoms with Crippen LogP contribution in [0.15, 0.2) is 18.3 Å². The molecule has 3 aliphatic rings.